The first-order chi connectivity index (χ1) is 28.7. The molecule has 0 aliphatic rings. The largest absolute Gasteiger partial charge is 0.309 e. The van der Waals surface area contributed by atoms with Crippen LogP contribution in [0.5, 0.6) is 0 Å². The maximum absolute atomic E-state index is 6.95. The Labute approximate surface area is 377 Å². The lowest BCUT2D eigenvalue weighted by molar-refractivity contribution is 0.568. The van der Waals surface area contributed by atoms with E-state index >= 15 is 0 Å². The van der Waals surface area contributed by atoms with Crippen molar-refractivity contribution in [3.8, 4) is 22.5 Å². The highest BCUT2D eigenvalue weighted by Crippen LogP contribution is 2.47. The van der Waals surface area contributed by atoms with Crippen molar-refractivity contribution < 1.29 is 0 Å². The number of nitrogens with zero attached hydrogens (tertiary/aromatic N) is 2. The molecule has 0 aliphatic carbocycles. The summed E-state index contributed by atoms with van der Waals surface area (Å²) in [7, 11) is 33.6. The minimum absolute atomic E-state index is 0.0122. The summed E-state index contributed by atoms with van der Waals surface area (Å²) in [6.07, 6.45) is 0. The second-order valence-electron chi connectivity index (χ2n) is 22.1. The van der Waals surface area contributed by atoms with E-state index in [0.29, 0.717) is 22.4 Å². The number of hydrogen-bond donors (Lipinski definition) is 0. The van der Waals surface area contributed by atoms with Gasteiger partial charge in [0, 0.05) is 27.2 Å². The van der Waals surface area contributed by atoms with Crippen LogP contribution in [0, 0.1) is 0 Å². The van der Waals surface area contributed by atoms with Crippen LogP contribution in [0.4, 0.5) is 0 Å². The molecule has 8 aromatic rings. The van der Waals surface area contributed by atoms with Gasteiger partial charge in [-0.3, -0.25) is 0 Å². The molecule has 2 heterocycles. The lowest BCUT2D eigenvalue weighted by Gasteiger charge is -2.27. The lowest BCUT2D eigenvalue weighted by Crippen LogP contribution is -2.55. The molecule has 0 spiro atoms. The molecule has 0 amide bonds. The van der Waals surface area contributed by atoms with E-state index in [4.69, 9.17) is 39.2 Å². The Morgan fingerprint density at radius 2 is 0.935 bits per heavy atom. The fourth-order valence-corrected chi connectivity index (χ4v) is 9.44. The third kappa shape index (κ3) is 7.01. The Balaban J connectivity index is 1.63. The minimum Gasteiger partial charge on any atom is -0.309 e. The number of rotatable bonds is 4. The smallest absolute Gasteiger partial charge is 0.113 e. The first-order valence-corrected chi connectivity index (χ1v) is 22.1. The Kier molecular flexibility index (Phi) is 10.4. The predicted octanol–water partition coefficient (Wildman–Crippen LogP) is 9.83. The van der Waals surface area contributed by atoms with E-state index in [1.807, 2.05) is 0 Å². The van der Waals surface area contributed by atoms with Gasteiger partial charge in [0.2, 0.25) is 0 Å². The fraction of sp³-hybridized carbons (Fsp3) is 0.345. The maximum Gasteiger partial charge on any atom is 0.113 e. The number of aromatic nitrogens is 2. The van der Waals surface area contributed by atoms with Gasteiger partial charge in [-0.1, -0.05) is 138 Å². The number of hydrogen-bond acceptors (Lipinski definition) is 0. The van der Waals surface area contributed by atoms with Crippen LogP contribution in [0.25, 0.3) is 66.1 Å². The van der Waals surface area contributed by atoms with E-state index in [0.717, 1.165) is 38.7 Å². The quantitative estimate of drug-likeness (QED) is 0.157. The van der Waals surface area contributed by atoms with Gasteiger partial charge in [0.1, 0.15) is 39.2 Å². The summed E-state index contributed by atoms with van der Waals surface area (Å²) in [6, 6.07) is 32.2. The van der Waals surface area contributed by atoms with Crippen LogP contribution >= 0.6 is 0 Å². The van der Waals surface area contributed by atoms with Crippen LogP contribution in [0.2, 0.25) is 0 Å². The molecule has 2 aromatic heterocycles. The van der Waals surface area contributed by atoms with Crippen molar-refractivity contribution in [1.82, 2.24) is 9.13 Å². The minimum atomic E-state index is -0.354. The average molecular weight is 800 g/mol. The summed E-state index contributed by atoms with van der Waals surface area (Å²) >= 11 is 0. The molecule has 0 saturated carbocycles. The van der Waals surface area contributed by atoms with Gasteiger partial charge in [-0.2, -0.15) is 0 Å². The molecule has 6 aromatic carbocycles. The van der Waals surface area contributed by atoms with Gasteiger partial charge in [-0.05, 0) is 121 Å². The van der Waals surface area contributed by atoms with E-state index in [1.165, 1.54) is 49.6 Å². The molecule has 10 radical (unpaired) electrons. The second-order valence-corrected chi connectivity index (χ2v) is 22.1. The average Bonchev–Trinajstić information content (AvgIpc) is 3.70. The van der Waals surface area contributed by atoms with E-state index in [2.05, 4.69) is 191 Å². The molecule has 0 saturated heterocycles. The van der Waals surface area contributed by atoms with Gasteiger partial charge in [0.15, 0.2) is 0 Å². The van der Waals surface area contributed by atoms with Gasteiger partial charge in [0.25, 0.3) is 0 Å². The van der Waals surface area contributed by atoms with Crippen molar-refractivity contribution in [2.45, 2.75) is 125 Å². The van der Waals surface area contributed by atoms with Crippen molar-refractivity contribution in [2.75, 3.05) is 0 Å². The van der Waals surface area contributed by atoms with Crippen molar-refractivity contribution in [3.05, 3.63) is 113 Å². The molecule has 302 valence electrons. The van der Waals surface area contributed by atoms with Gasteiger partial charge >= 0.3 is 0 Å². The Morgan fingerprint density at radius 3 is 1.47 bits per heavy atom. The summed E-state index contributed by atoms with van der Waals surface area (Å²) < 4.78 is 4.93. The van der Waals surface area contributed by atoms with Crippen LogP contribution in [-0.2, 0) is 21.7 Å². The molecule has 62 heavy (non-hydrogen) atoms. The standard InChI is InChI=1S/C55H57B5N2/c1-29(2)30-18-20-38-36(24-30)37-28-31(52(3,4)5)19-21-39(37)62(38)42-23-22-41-45(46(42)55(12,13)14)43-35(44-47(56)49(58)51(60)50(59)48(44)57)16-15-17-40(43)61(41)34-26-32(53(6,7)8)25-33(27-34)54(9,10)11/h15-29H,1-14H3. The highest BCUT2D eigenvalue weighted by Gasteiger charge is 2.31. The molecule has 0 atom stereocenters. The zero-order valence-corrected chi connectivity index (χ0v) is 39.4. The third-order valence-electron chi connectivity index (χ3n) is 13.1. The van der Waals surface area contributed by atoms with E-state index < -0.39 is 0 Å². The van der Waals surface area contributed by atoms with Gasteiger partial charge in [0.05, 0.1) is 27.8 Å². The second kappa shape index (κ2) is 14.7. The van der Waals surface area contributed by atoms with E-state index in [1.54, 1.807) is 0 Å². The maximum atomic E-state index is 6.95. The topological polar surface area (TPSA) is 9.86 Å². The van der Waals surface area contributed by atoms with E-state index in [9.17, 15) is 0 Å². The van der Waals surface area contributed by atoms with E-state index in [-0.39, 0.29) is 38.0 Å². The number of benzene rings is 6. The molecular formula is C55H57B5N2. The molecular weight excluding hydrogens is 743 g/mol. The number of fused-ring (bicyclic) bond motifs is 6. The third-order valence-corrected chi connectivity index (χ3v) is 13.1. The first kappa shape index (κ1) is 43.9. The molecule has 0 N–H and O–H groups in total. The monoisotopic (exact) mass is 800 g/mol. The van der Waals surface area contributed by atoms with Crippen molar-refractivity contribution >= 4 is 110 Å². The molecule has 8 rings (SSSR count). The molecule has 0 unspecified atom stereocenters. The first-order valence-electron chi connectivity index (χ1n) is 22.1. The van der Waals surface area contributed by atoms with Crippen LogP contribution in [0.3, 0.4) is 0 Å². The zero-order valence-electron chi connectivity index (χ0n) is 39.4. The lowest BCUT2D eigenvalue weighted by atomic mass is 9.59. The van der Waals surface area contributed by atoms with Gasteiger partial charge < -0.3 is 9.13 Å². The van der Waals surface area contributed by atoms with Gasteiger partial charge in [-0.15, -0.1) is 16.4 Å². The summed E-state index contributed by atoms with van der Waals surface area (Å²) in [6.45, 7) is 32.1. The molecule has 0 fully saturated rings. The van der Waals surface area contributed by atoms with Crippen molar-refractivity contribution in [3.63, 3.8) is 0 Å². The normalized spacial score (nSPS) is 13.1. The van der Waals surface area contributed by atoms with Crippen LogP contribution in [0.1, 0.15) is 131 Å². The Morgan fingerprint density at radius 1 is 0.435 bits per heavy atom. The zero-order chi connectivity index (χ0) is 45.3. The van der Waals surface area contributed by atoms with Crippen LogP contribution in [-0.4, -0.2) is 48.4 Å². The summed E-state index contributed by atoms with van der Waals surface area (Å²) in [4.78, 5) is 0. The summed E-state index contributed by atoms with van der Waals surface area (Å²) in [5.74, 6) is 0.390. The Hall–Kier alpha value is -4.76. The summed E-state index contributed by atoms with van der Waals surface area (Å²) in [5.41, 5.74) is 15.2. The highest BCUT2D eigenvalue weighted by atomic mass is 15.0. The van der Waals surface area contributed by atoms with Crippen LogP contribution in [0.15, 0.2) is 84.9 Å². The van der Waals surface area contributed by atoms with Crippen LogP contribution < -0.4 is 27.3 Å². The molecule has 2 nitrogen and oxygen atoms in total. The highest BCUT2D eigenvalue weighted by molar-refractivity contribution is 6.69. The fourth-order valence-electron chi connectivity index (χ4n) is 9.44. The van der Waals surface area contributed by atoms with Crippen molar-refractivity contribution in [1.29, 1.82) is 0 Å². The molecule has 0 aliphatic heterocycles. The Bertz CT molecular complexity index is 3070. The predicted molar refractivity (Wildman–Crippen MR) is 276 cm³/mol. The molecule has 0 bridgehead atoms. The summed E-state index contributed by atoms with van der Waals surface area (Å²) in [5, 5.41) is 4.64. The van der Waals surface area contributed by atoms with Crippen molar-refractivity contribution in [2.24, 2.45) is 0 Å². The molecule has 7 heteroatoms. The van der Waals surface area contributed by atoms with Gasteiger partial charge in [-0.25, -0.2) is 0 Å². The SMILES string of the molecule is [B]c1c([B])c([B])c(-c2cccc3c2c2c(C(C)(C)C)c(-n4c5ccc(C(C)C)cc5c5cc(C(C)(C)C)ccc54)ccc2n3-c2cc(C(C)(C)C)cc(C(C)(C)C)c2)c([B])c1[B].